The fraction of sp³-hybridized carbons (Fsp3) is 0.350. The van der Waals surface area contributed by atoms with Gasteiger partial charge in [0.2, 0.25) is 11.8 Å². The summed E-state index contributed by atoms with van der Waals surface area (Å²) < 4.78 is 5.14. The molecule has 0 saturated carbocycles. The second kappa shape index (κ2) is 8.53. The van der Waals surface area contributed by atoms with Gasteiger partial charge in [-0.3, -0.25) is 14.4 Å². The second-order valence-electron chi connectivity index (χ2n) is 6.41. The number of aryl methyl sites for hydroxylation is 1. The molecule has 1 aliphatic rings. The van der Waals surface area contributed by atoms with Crippen molar-refractivity contribution in [3.8, 4) is 0 Å². The van der Waals surface area contributed by atoms with E-state index in [1.165, 1.54) is 11.2 Å². The number of amides is 3. The Bertz CT molecular complexity index is 816. The lowest BCUT2D eigenvalue weighted by atomic mass is 10.1. The topological polar surface area (TPSA) is 91.7 Å². The minimum atomic E-state index is -0.585. The third kappa shape index (κ3) is 4.36. The van der Waals surface area contributed by atoms with E-state index in [0.717, 1.165) is 24.1 Å². The highest BCUT2D eigenvalue weighted by molar-refractivity contribution is 5.98. The third-order valence-corrected chi connectivity index (χ3v) is 4.64. The average molecular weight is 369 g/mol. The van der Waals surface area contributed by atoms with Crippen LogP contribution >= 0.6 is 0 Å². The van der Waals surface area contributed by atoms with Gasteiger partial charge in [-0.05, 0) is 43.0 Å². The Kier molecular flexibility index (Phi) is 5.90. The van der Waals surface area contributed by atoms with Gasteiger partial charge in [-0.1, -0.05) is 25.1 Å². The van der Waals surface area contributed by atoms with Crippen molar-refractivity contribution in [1.82, 2.24) is 10.2 Å². The number of benzene rings is 1. The molecule has 27 heavy (non-hydrogen) atoms. The van der Waals surface area contributed by atoms with E-state index in [4.69, 9.17) is 4.42 Å². The predicted octanol–water partition coefficient (Wildman–Crippen LogP) is 2.20. The Hall–Kier alpha value is -3.09. The molecule has 1 atom stereocenters. The summed E-state index contributed by atoms with van der Waals surface area (Å²) in [7, 11) is 0. The van der Waals surface area contributed by atoms with Gasteiger partial charge in [0.1, 0.15) is 6.04 Å². The Morgan fingerprint density at radius 3 is 2.74 bits per heavy atom. The highest BCUT2D eigenvalue weighted by Crippen LogP contribution is 2.20. The largest absolute Gasteiger partial charge is 0.459 e. The molecule has 1 aromatic heterocycles. The minimum Gasteiger partial charge on any atom is -0.459 e. The van der Waals surface area contributed by atoms with Crippen molar-refractivity contribution in [1.29, 1.82) is 0 Å². The number of nitrogens with zero attached hydrogens (tertiary/aromatic N) is 1. The van der Waals surface area contributed by atoms with Crippen LogP contribution in [0.15, 0.2) is 47.1 Å². The molecule has 0 spiro atoms. The van der Waals surface area contributed by atoms with Crippen molar-refractivity contribution in [3.63, 3.8) is 0 Å². The number of hydrogen-bond acceptors (Lipinski definition) is 4. The molecule has 1 unspecified atom stereocenters. The number of para-hydroxylation sites is 1. The molecular weight excluding hydrogens is 346 g/mol. The van der Waals surface area contributed by atoms with Gasteiger partial charge >= 0.3 is 0 Å². The van der Waals surface area contributed by atoms with Crippen LogP contribution in [0.3, 0.4) is 0 Å². The molecule has 3 amide bonds. The Morgan fingerprint density at radius 1 is 1.19 bits per heavy atom. The highest BCUT2D eigenvalue weighted by atomic mass is 16.3. The van der Waals surface area contributed by atoms with Crippen molar-refractivity contribution in [2.45, 2.75) is 32.2 Å². The molecule has 1 fully saturated rings. The zero-order chi connectivity index (χ0) is 19.2. The molecule has 0 bridgehead atoms. The molecule has 3 rings (SSSR count). The number of hydrogen-bond donors (Lipinski definition) is 2. The maximum Gasteiger partial charge on any atom is 0.290 e. The quantitative estimate of drug-likeness (QED) is 0.817. The second-order valence-corrected chi connectivity index (χ2v) is 6.41. The van der Waals surface area contributed by atoms with Gasteiger partial charge in [-0.15, -0.1) is 0 Å². The maximum absolute atomic E-state index is 12.5. The molecule has 2 aromatic rings. The molecule has 1 aliphatic heterocycles. The normalized spacial score (nSPS) is 16.2. The molecule has 142 valence electrons. The van der Waals surface area contributed by atoms with Crippen LogP contribution in [0.4, 0.5) is 5.69 Å². The number of rotatable bonds is 6. The van der Waals surface area contributed by atoms with Crippen molar-refractivity contribution in [2.75, 3.05) is 18.4 Å². The molecule has 0 radical (unpaired) electrons. The summed E-state index contributed by atoms with van der Waals surface area (Å²) in [5, 5.41) is 5.45. The summed E-state index contributed by atoms with van der Waals surface area (Å²) >= 11 is 0. The molecular formula is C20H23N3O4. The van der Waals surface area contributed by atoms with Gasteiger partial charge in [-0.25, -0.2) is 0 Å². The van der Waals surface area contributed by atoms with Gasteiger partial charge in [-0.2, -0.15) is 0 Å². The minimum absolute atomic E-state index is 0.143. The van der Waals surface area contributed by atoms with E-state index in [2.05, 4.69) is 10.6 Å². The van der Waals surface area contributed by atoms with E-state index in [9.17, 15) is 14.4 Å². The Morgan fingerprint density at radius 2 is 2.00 bits per heavy atom. The lowest BCUT2D eigenvalue weighted by Crippen LogP contribution is -2.47. The van der Waals surface area contributed by atoms with Crippen LogP contribution in [0.5, 0.6) is 0 Å². The number of carbonyl (C=O) groups is 3. The zero-order valence-corrected chi connectivity index (χ0v) is 15.2. The van der Waals surface area contributed by atoms with Crippen LogP contribution in [0.2, 0.25) is 0 Å². The Labute approximate surface area is 157 Å². The fourth-order valence-electron chi connectivity index (χ4n) is 3.25. The first-order valence-corrected chi connectivity index (χ1v) is 9.10. The summed E-state index contributed by atoms with van der Waals surface area (Å²) in [6.45, 7) is 2.36. The number of furan rings is 1. The molecule has 2 N–H and O–H groups in total. The Balaban J connectivity index is 1.55. The summed E-state index contributed by atoms with van der Waals surface area (Å²) in [6.07, 6.45) is 3.53. The van der Waals surface area contributed by atoms with Crippen molar-refractivity contribution in [2.24, 2.45) is 0 Å². The summed E-state index contributed by atoms with van der Waals surface area (Å²) in [4.78, 5) is 38.6. The van der Waals surface area contributed by atoms with Gasteiger partial charge in [0, 0.05) is 12.2 Å². The van der Waals surface area contributed by atoms with E-state index in [1.807, 2.05) is 31.2 Å². The SMILES string of the molecule is CCc1ccccc1NC(=O)CNC(=O)C1CCCN1C(=O)c1ccco1. The van der Waals surface area contributed by atoms with Crippen LogP contribution in [0.1, 0.15) is 35.9 Å². The molecule has 0 aliphatic carbocycles. The number of anilines is 1. The van der Waals surface area contributed by atoms with E-state index < -0.39 is 6.04 Å². The van der Waals surface area contributed by atoms with Gasteiger partial charge in [0.15, 0.2) is 5.76 Å². The highest BCUT2D eigenvalue weighted by Gasteiger charge is 2.35. The monoisotopic (exact) mass is 369 g/mol. The van der Waals surface area contributed by atoms with Crippen LogP contribution in [-0.4, -0.2) is 41.8 Å². The average Bonchev–Trinajstić information content (AvgIpc) is 3.38. The van der Waals surface area contributed by atoms with Crippen LogP contribution in [0, 0.1) is 0 Å². The summed E-state index contributed by atoms with van der Waals surface area (Å²) in [6, 6.07) is 10.2. The van der Waals surface area contributed by atoms with Gasteiger partial charge < -0.3 is 20.0 Å². The summed E-state index contributed by atoms with van der Waals surface area (Å²) in [5.74, 6) is -0.722. The number of nitrogens with one attached hydrogen (secondary N) is 2. The van der Waals surface area contributed by atoms with Crippen molar-refractivity contribution in [3.05, 3.63) is 54.0 Å². The smallest absolute Gasteiger partial charge is 0.290 e. The third-order valence-electron chi connectivity index (χ3n) is 4.64. The van der Waals surface area contributed by atoms with Crippen LogP contribution in [0.25, 0.3) is 0 Å². The fourth-order valence-corrected chi connectivity index (χ4v) is 3.25. The molecule has 2 heterocycles. The van der Waals surface area contributed by atoms with E-state index in [-0.39, 0.29) is 30.0 Å². The maximum atomic E-state index is 12.5. The molecule has 1 saturated heterocycles. The van der Waals surface area contributed by atoms with Crippen LogP contribution in [-0.2, 0) is 16.0 Å². The molecule has 7 nitrogen and oxygen atoms in total. The number of likely N-dealkylation sites (tertiary alicyclic amines) is 1. The van der Waals surface area contributed by atoms with Gasteiger partial charge in [0.25, 0.3) is 5.91 Å². The molecule has 7 heteroatoms. The standard InChI is InChI=1S/C20H23N3O4/c1-2-14-7-3-4-8-15(14)22-18(24)13-21-19(25)16-9-5-11-23(16)20(26)17-10-6-12-27-17/h3-4,6-8,10,12,16H,2,5,9,11,13H2,1H3,(H,21,25)(H,22,24). The van der Waals surface area contributed by atoms with E-state index in [0.29, 0.717) is 13.0 Å². The number of carbonyl (C=O) groups excluding carboxylic acids is 3. The first kappa shape index (κ1) is 18.7. The van der Waals surface area contributed by atoms with Crippen molar-refractivity contribution < 1.29 is 18.8 Å². The summed E-state index contributed by atoms with van der Waals surface area (Å²) in [5.41, 5.74) is 1.78. The van der Waals surface area contributed by atoms with E-state index in [1.54, 1.807) is 12.1 Å². The lowest BCUT2D eigenvalue weighted by Gasteiger charge is -2.23. The zero-order valence-electron chi connectivity index (χ0n) is 15.2. The van der Waals surface area contributed by atoms with Gasteiger partial charge in [0.05, 0.1) is 12.8 Å². The predicted molar refractivity (Wildman–Crippen MR) is 100 cm³/mol. The van der Waals surface area contributed by atoms with Crippen molar-refractivity contribution >= 4 is 23.4 Å². The lowest BCUT2D eigenvalue weighted by molar-refractivity contribution is -0.127. The first-order chi connectivity index (χ1) is 13.1. The molecule has 1 aromatic carbocycles. The first-order valence-electron chi connectivity index (χ1n) is 9.10. The van der Waals surface area contributed by atoms with E-state index >= 15 is 0 Å². The van der Waals surface area contributed by atoms with Crippen LogP contribution < -0.4 is 10.6 Å².